The third-order valence-electron chi connectivity index (χ3n) is 6.32. The number of pyridine rings is 1. The summed E-state index contributed by atoms with van der Waals surface area (Å²) in [5, 5.41) is 3.44. The van der Waals surface area contributed by atoms with Crippen LogP contribution in [0.15, 0.2) is 53.8 Å². The summed E-state index contributed by atoms with van der Waals surface area (Å²) in [6, 6.07) is 12.3. The number of thioether (sulfide) groups is 1. The Morgan fingerprint density at radius 2 is 1.91 bits per heavy atom. The first-order valence-electron chi connectivity index (χ1n) is 11.7. The number of nitrogens with one attached hydrogen (secondary N) is 1. The molecule has 9 heteroatoms. The molecule has 8 nitrogen and oxygen atoms in total. The smallest absolute Gasteiger partial charge is 0.219 e. The van der Waals surface area contributed by atoms with Crippen LogP contribution in [0, 0.1) is 0 Å². The molecule has 1 aliphatic heterocycles. The third kappa shape index (κ3) is 6.03. The minimum atomic E-state index is 0.128. The van der Waals surface area contributed by atoms with Crippen molar-refractivity contribution in [3.8, 4) is 17.0 Å². The molecule has 184 valence electrons. The van der Waals surface area contributed by atoms with Gasteiger partial charge in [0.1, 0.15) is 23.7 Å². The summed E-state index contributed by atoms with van der Waals surface area (Å²) in [7, 11) is 1.71. The maximum absolute atomic E-state index is 11.5. The number of carbonyl (C=O) groups is 1. The fourth-order valence-electron chi connectivity index (χ4n) is 4.18. The van der Waals surface area contributed by atoms with Crippen LogP contribution in [0.4, 0.5) is 11.6 Å². The molecule has 3 heterocycles. The Kier molecular flexibility index (Phi) is 8.07. The van der Waals surface area contributed by atoms with Gasteiger partial charge in [-0.25, -0.2) is 15.0 Å². The first kappa shape index (κ1) is 24.8. The van der Waals surface area contributed by atoms with Crippen LogP contribution in [0.3, 0.4) is 0 Å². The van der Waals surface area contributed by atoms with Crippen LogP contribution in [0.5, 0.6) is 5.75 Å². The lowest BCUT2D eigenvalue weighted by molar-refractivity contribution is -0.129. The van der Waals surface area contributed by atoms with Crippen LogP contribution in [0.1, 0.15) is 25.3 Å². The average molecular weight is 493 g/mol. The number of benzene rings is 1. The molecule has 1 aliphatic rings. The van der Waals surface area contributed by atoms with Crippen molar-refractivity contribution in [2.24, 2.45) is 0 Å². The molecule has 4 rings (SSSR count). The molecule has 0 spiro atoms. The Labute approximate surface area is 211 Å². The summed E-state index contributed by atoms with van der Waals surface area (Å²) in [5.74, 6) is 2.96. The maximum Gasteiger partial charge on any atom is 0.219 e. The number of aromatic nitrogens is 3. The van der Waals surface area contributed by atoms with Gasteiger partial charge in [0, 0.05) is 68.3 Å². The SMILES string of the molecule is COc1cc(SC)ccc1C(C)CNc1cc(-c2ccc(N3CCN(C(C)=O)CC3)nc2)ncn1. The van der Waals surface area contributed by atoms with E-state index >= 15 is 0 Å². The monoisotopic (exact) mass is 492 g/mol. The van der Waals surface area contributed by atoms with E-state index in [4.69, 9.17) is 4.74 Å². The van der Waals surface area contributed by atoms with E-state index in [0.717, 1.165) is 66.9 Å². The van der Waals surface area contributed by atoms with Crippen LogP contribution >= 0.6 is 11.8 Å². The lowest BCUT2D eigenvalue weighted by Gasteiger charge is -2.34. The molecule has 1 saturated heterocycles. The summed E-state index contributed by atoms with van der Waals surface area (Å²) in [6.45, 7) is 7.54. The lowest BCUT2D eigenvalue weighted by atomic mass is 10.00. The normalized spacial score (nSPS) is 14.5. The second-order valence-electron chi connectivity index (χ2n) is 8.58. The Bertz CT molecular complexity index is 1150. The largest absolute Gasteiger partial charge is 0.496 e. The van der Waals surface area contributed by atoms with Crippen molar-refractivity contribution in [3.63, 3.8) is 0 Å². The molecule has 1 unspecified atom stereocenters. The Hall–Kier alpha value is -3.33. The quantitative estimate of drug-likeness (QED) is 0.470. The number of hydrogen-bond donors (Lipinski definition) is 1. The molecule has 0 radical (unpaired) electrons. The highest BCUT2D eigenvalue weighted by molar-refractivity contribution is 7.98. The van der Waals surface area contributed by atoms with E-state index in [1.807, 2.05) is 29.3 Å². The second-order valence-corrected chi connectivity index (χ2v) is 9.46. The highest BCUT2D eigenvalue weighted by Gasteiger charge is 2.19. The fraction of sp³-hybridized carbons (Fsp3) is 0.385. The van der Waals surface area contributed by atoms with Crippen LogP contribution in [-0.2, 0) is 4.79 Å². The van der Waals surface area contributed by atoms with Crippen molar-refractivity contribution >= 4 is 29.3 Å². The minimum absolute atomic E-state index is 0.128. The Morgan fingerprint density at radius 1 is 1.11 bits per heavy atom. The van der Waals surface area contributed by atoms with Gasteiger partial charge in [-0.3, -0.25) is 4.79 Å². The number of hydrogen-bond acceptors (Lipinski definition) is 8. The summed E-state index contributed by atoms with van der Waals surface area (Å²) < 4.78 is 5.61. The summed E-state index contributed by atoms with van der Waals surface area (Å²) >= 11 is 1.70. The molecule has 0 bridgehead atoms. The molecule has 3 aromatic rings. The molecular weight excluding hydrogens is 460 g/mol. The average Bonchev–Trinajstić information content (AvgIpc) is 2.91. The van der Waals surface area contributed by atoms with Gasteiger partial charge >= 0.3 is 0 Å². The van der Waals surface area contributed by atoms with Gasteiger partial charge in [-0.05, 0) is 36.1 Å². The number of nitrogens with zero attached hydrogens (tertiary/aromatic N) is 5. The van der Waals surface area contributed by atoms with Gasteiger partial charge in [-0.1, -0.05) is 13.0 Å². The number of anilines is 2. The number of carbonyl (C=O) groups excluding carboxylic acids is 1. The number of piperazine rings is 1. The van der Waals surface area contributed by atoms with Crippen molar-refractivity contribution in [2.45, 2.75) is 24.7 Å². The zero-order valence-corrected chi connectivity index (χ0v) is 21.5. The molecule has 1 fully saturated rings. The molecule has 35 heavy (non-hydrogen) atoms. The number of amides is 1. The van der Waals surface area contributed by atoms with Crippen LogP contribution in [-0.4, -0.2) is 71.8 Å². The first-order valence-corrected chi connectivity index (χ1v) is 13.0. The van der Waals surface area contributed by atoms with E-state index in [1.54, 1.807) is 32.1 Å². The van der Waals surface area contributed by atoms with Gasteiger partial charge < -0.3 is 19.9 Å². The highest BCUT2D eigenvalue weighted by atomic mass is 32.2. The van der Waals surface area contributed by atoms with E-state index < -0.39 is 0 Å². The van der Waals surface area contributed by atoms with Crippen molar-refractivity contribution < 1.29 is 9.53 Å². The van der Waals surface area contributed by atoms with Gasteiger partial charge in [0.2, 0.25) is 5.91 Å². The van der Waals surface area contributed by atoms with Gasteiger partial charge in [0.25, 0.3) is 0 Å². The van der Waals surface area contributed by atoms with Gasteiger partial charge in [-0.15, -0.1) is 11.8 Å². The number of methoxy groups -OCH3 is 1. The first-order chi connectivity index (χ1) is 17.0. The van der Waals surface area contributed by atoms with Gasteiger partial charge in [0.05, 0.1) is 12.8 Å². The van der Waals surface area contributed by atoms with Crippen LogP contribution in [0.2, 0.25) is 0 Å². The van der Waals surface area contributed by atoms with Crippen molar-refractivity contribution in [2.75, 3.05) is 56.3 Å². The molecule has 1 amide bonds. The zero-order chi connectivity index (χ0) is 24.8. The predicted octanol–water partition coefficient (Wildman–Crippen LogP) is 4.15. The number of ether oxygens (including phenoxy) is 1. The topological polar surface area (TPSA) is 83.5 Å². The fourth-order valence-corrected chi connectivity index (χ4v) is 4.61. The van der Waals surface area contributed by atoms with E-state index in [1.165, 1.54) is 4.90 Å². The van der Waals surface area contributed by atoms with E-state index in [0.29, 0.717) is 0 Å². The summed E-state index contributed by atoms with van der Waals surface area (Å²) in [5.41, 5.74) is 2.91. The molecular formula is C26H32N6O2S. The van der Waals surface area contributed by atoms with E-state index in [2.05, 4.69) is 56.5 Å². The minimum Gasteiger partial charge on any atom is -0.496 e. The zero-order valence-electron chi connectivity index (χ0n) is 20.7. The van der Waals surface area contributed by atoms with Gasteiger partial charge in [-0.2, -0.15) is 0 Å². The molecule has 2 aromatic heterocycles. The molecule has 0 aliphatic carbocycles. The third-order valence-corrected chi connectivity index (χ3v) is 7.05. The van der Waals surface area contributed by atoms with Crippen LogP contribution in [0.25, 0.3) is 11.3 Å². The maximum atomic E-state index is 11.5. The summed E-state index contributed by atoms with van der Waals surface area (Å²) in [6.07, 6.45) is 5.48. The molecule has 1 atom stereocenters. The van der Waals surface area contributed by atoms with Crippen LogP contribution < -0.4 is 15.0 Å². The highest BCUT2D eigenvalue weighted by Crippen LogP contribution is 2.31. The van der Waals surface area contributed by atoms with E-state index in [9.17, 15) is 4.79 Å². The van der Waals surface area contributed by atoms with E-state index in [-0.39, 0.29) is 11.8 Å². The summed E-state index contributed by atoms with van der Waals surface area (Å²) in [4.78, 5) is 30.3. The lowest BCUT2D eigenvalue weighted by Crippen LogP contribution is -2.48. The standard InChI is InChI=1S/C26H32N6O2S/c1-18(22-7-6-21(35-4)13-24(22)34-3)15-27-25-14-23(29-17-30-25)20-5-8-26(28-16-20)32-11-9-31(10-12-32)19(2)33/h5-8,13-14,16-18H,9-12,15H2,1-4H3,(H,27,29,30). The van der Waals surface area contributed by atoms with Gasteiger partial charge in [0.15, 0.2) is 0 Å². The molecule has 1 aromatic carbocycles. The number of rotatable bonds is 8. The molecule has 0 saturated carbocycles. The molecule has 1 N–H and O–H groups in total. The Morgan fingerprint density at radius 3 is 2.57 bits per heavy atom. The van der Waals surface area contributed by atoms with Crippen molar-refractivity contribution in [1.29, 1.82) is 0 Å². The second kappa shape index (κ2) is 11.4. The van der Waals surface area contributed by atoms with Crippen molar-refractivity contribution in [3.05, 3.63) is 54.5 Å². The predicted molar refractivity (Wildman–Crippen MR) is 141 cm³/mol. The Balaban J connectivity index is 1.39. The van der Waals surface area contributed by atoms with Crippen molar-refractivity contribution in [1.82, 2.24) is 19.9 Å².